The Bertz CT molecular complexity index is 552. The van der Waals surface area contributed by atoms with E-state index < -0.39 is 0 Å². The Morgan fingerprint density at radius 3 is 2.72 bits per heavy atom. The highest BCUT2D eigenvalue weighted by Crippen LogP contribution is 2.25. The second-order valence-electron chi connectivity index (χ2n) is 4.24. The smallest absolute Gasteiger partial charge is 0.159 e. The standard InChI is InChI=1S/C14H16ClN3/c1-4-11-7-16-6-5-12(11)14-17-8-13(9(2)15)10(3)18-14/h5-9H,4H2,1-3H3. The van der Waals surface area contributed by atoms with E-state index in [1.165, 1.54) is 0 Å². The van der Waals surface area contributed by atoms with Gasteiger partial charge in [-0.3, -0.25) is 4.98 Å². The van der Waals surface area contributed by atoms with Crippen LogP contribution in [0.3, 0.4) is 0 Å². The number of nitrogens with zero attached hydrogens (tertiary/aromatic N) is 3. The van der Waals surface area contributed by atoms with E-state index in [2.05, 4.69) is 21.9 Å². The molecule has 0 aliphatic rings. The van der Waals surface area contributed by atoms with Crippen LogP contribution in [0, 0.1) is 6.92 Å². The van der Waals surface area contributed by atoms with E-state index in [4.69, 9.17) is 11.6 Å². The van der Waals surface area contributed by atoms with E-state index in [0.717, 1.165) is 34.6 Å². The van der Waals surface area contributed by atoms with Crippen LogP contribution in [0.4, 0.5) is 0 Å². The summed E-state index contributed by atoms with van der Waals surface area (Å²) in [6.45, 7) is 5.99. The van der Waals surface area contributed by atoms with Crippen molar-refractivity contribution in [3.63, 3.8) is 0 Å². The zero-order valence-corrected chi connectivity index (χ0v) is 11.6. The molecule has 4 heteroatoms. The van der Waals surface area contributed by atoms with Gasteiger partial charge in [-0.1, -0.05) is 6.92 Å². The average molecular weight is 262 g/mol. The van der Waals surface area contributed by atoms with Gasteiger partial charge in [0.05, 0.1) is 5.38 Å². The summed E-state index contributed by atoms with van der Waals surface area (Å²) < 4.78 is 0. The number of hydrogen-bond donors (Lipinski definition) is 0. The molecular formula is C14H16ClN3. The number of hydrogen-bond acceptors (Lipinski definition) is 3. The summed E-state index contributed by atoms with van der Waals surface area (Å²) in [4.78, 5) is 13.1. The number of pyridine rings is 1. The molecule has 0 N–H and O–H groups in total. The van der Waals surface area contributed by atoms with Crippen LogP contribution in [0.5, 0.6) is 0 Å². The minimum absolute atomic E-state index is 0.0675. The van der Waals surface area contributed by atoms with Crippen molar-refractivity contribution in [1.29, 1.82) is 0 Å². The van der Waals surface area contributed by atoms with Crippen molar-refractivity contribution < 1.29 is 0 Å². The number of aryl methyl sites for hydroxylation is 2. The summed E-state index contributed by atoms with van der Waals surface area (Å²) in [5, 5.41) is -0.0675. The molecule has 2 heterocycles. The van der Waals surface area contributed by atoms with Crippen LogP contribution in [0.15, 0.2) is 24.7 Å². The summed E-state index contributed by atoms with van der Waals surface area (Å²) in [6.07, 6.45) is 6.37. The summed E-state index contributed by atoms with van der Waals surface area (Å²) in [6, 6.07) is 1.96. The molecule has 0 aliphatic carbocycles. The fourth-order valence-electron chi connectivity index (χ4n) is 1.92. The van der Waals surface area contributed by atoms with Gasteiger partial charge >= 0.3 is 0 Å². The zero-order valence-electron chi connectivity index (χ0n) is 10.8. The SMILES string of the molecule is CCc1cnccc1-c1ncc(C(C)Cl)c(C)n1. The molecule has 0 saturated carbocycles. The highest BCUT2D eigenvalue weighted by Gasteiger charge is 2.11. The monoisotopic (exact) mass is 261 g/mol. The summed E-state index contributed by atoms with van der Waals surface area (Å²) in [7, 11) is 0. The molecule has 0 aliphatic heterocycles. The Morgan fingerprint density at radius 1 is 1.33 bits per heavy atom. The summed E-state index contributed by atoms with van der Waals surface area (Å²) in [5.41, 5.74) is 4.11. The minimum Gasteiger partial charge on any atom is -0.264 e. The van der Waals surface area contributed by atoms with Crippen LogP contribution >= 0.6 is 11.6 Å². The van der Waals surface area contributed by atoms with E-state index in [0.29, 0.717) is 0 Å². The van der Waals surface area contributed by atoms with E-state index in [1.807, 2.05) is 32.3 Å². The molecule has 0 aromatic carbocycles. The number of halogens is 1. The average Bonchev–Trinajstić information content (AvgIpc) is 2.38. The van der Waals surface area contributed by atoms with Crippen molar-refractivity contribution in [1.82, 2.24) is 15.0 Å². The third kappa shape index (κ3) is 2.51. The first-order valence-electron chi connectivity index (χ1n) is 6.04. The Kier molecular flexibility index (Phi) is 3.92. The van der Waals surface area contributed by atoms with Crippen molar-refractivity contribution in [2.75, 3.05) is 0 Å². The largest absolute Gasteiger partial charge is 0.264 e. The summed E-state index contributed by atoms with van der Waals surface area (Å²) in [5.74, 6) is 0.743. The maximum atomic E-state index is 6.08. The van der Waals surface area contributed by atoms with Gasteiger partial charge in [-0.15, -0.1) is 11.6 Å². The molecule has 3 nitrogen and oxygen atoms in total. The van der Waals surface area contributed by atoms with Crippen LogP contribution in [0.1, 0.15) is 36.0 Å². The number of alkyl halides is 1. The molecule has 0 bridgehead atoms. The van der Waals surface area contributed by atoms with Crippen LogP contribution in [0.2, 0.25) is 0 Å². The molecule has 2 aromatic heterocycles. The van der Waals surface area contributed by atoms with Crippen molar-refractivity contribution in [2.24, 2.45) is 0 Å². The molecule has 2 aromatic rings. The number of rotatable bonds is 3. The Hall–Kier alpha value is -1.48. The van der Waals surface area contributed by atoms with Gasteiger partial charge in [0.15, 0.2) is 5.82 Å². The lowest BCUT2D eigenvalue weighted by molar-refractivity contribution is 0.971. The third-order valence-corrected chi connectivity index (χ3v) is 3.21. The molecular weight excluding hydrogens is 246 g/mol. The van der Waals surface area contributed by atoms with Crippen molar-refractivity contribution >= 4 is 11.6 Å². The quantitative estimate of drug-likeness (QED) is 0.791. The van der Waals surface area contributed by atoms with E-state index in [9.17, 15) is 0 Å². The first-order chi connectivity index (χ1) is 8.63. The molecule has 2 rings (SSSR count). The van der Waals surface area contributed by atoms with Crippen LogP contribution in [-0.2, 0) is 6.42 Å². The fraction of sp³-hybridized carbons (Fsp3) is 0.357. The molecule has 18 heavy (non-hydrogen) atoms. The Labute approximate surface area is 112 Å². The fourth-order valence-corrected chi connectivity index (χ4v) is 2.14. The maximum absolute atomic E-state index is 6.08. The Morgan fingerprint density at radius 2 is 2.11 bits per heavy atom. The maximum Gasteiger partial charge on any atom is 0.159 e. The van der Waals surface area contributed by atoms with Gasteiger partial charge in [0.1, 0.15) is 0 Å². The van der Waals surface area contributed by atoms with Gasteiger partial charge in [0, 0.05) is 35.4 Å². The first kappa shape index (κ1) is 13.0. The second kappa shape index (κ2) is 5.44. The molecule has 0 fully saturated rings. The number of aromatic nitrogens is 3. The van der Waals surface area contributed by atoms with Crippen LogP contribution in [0.25, 0.3) is 11.4 Å². The predicted molar refractivity (Wildman–Crippen MR) is 73.6 cm³/mol. The molecule has 94 valence electrons. The van der Waals surface area contributed by atoms with E-state index in [-0.39, 0.29) is 5.38 Å². The van der Waals surface area contributed by atoms with Gasteiger partial charge in [0.25, 0.3) is 0 Å². The summed E-state index contributed by atoms with van der Waals surface area (Å²) >= 11 is 6.08. The van der Waals surface area contributed by atoms with Gasteiger partial charge in [-0.25, -0.2) is 9.97 Å². The van der Waals surface area contributed by atoms with Gasteiger partial charge in [0.2, 0.25) is 0 Å². The predicted octanol–water partition coefficient (Wildman–Crippen LogP) is 3.71. The Balaban J connectivity index is 2.49. The highest BCUT2D eigenvalue weighted by atomic mass is 35.5. The lowest BCUT2D eigenvalue weighted by Gasteiger charge is -2.10. The zero-order chi connectivity index (χ0) is 13.1. The van der Waals surface area contributed by atoms with E-state index in [1.54, 1.807) is 6.20 Å². The lowest BCUT2D eigenvalue weighted by Crippen LogP contribution is -2.00. The topological polar surface area (TPSA) is 38.7 Å². The van der Waals surface area contributed by atoms with Gasteiger partial charge in [-0.05, 0) is 31.9 Å². The molecule has 1 atom stereocenters. The van der Waals surface area contributed by atoms with Crippen LogP contribution in [-0.4, -0.2) is 15.0 Å². The first-order valence-corrected chi connectivity index (χ1v) is 6.48. The molecule has 0 saturated heterocycles. The van der Waals surface area contributed by atoms with E-state index >= 15 is 0 Å². The minimum atomic E-state index is -0.0675. The molecule has 0 radical (unpaired) electrons. The van der Waals surface area contributed by atoms with Crippen molar-refractivity contribution in [3.05, 3.63) is 41.5 Å². The third-order valence-electron chi connectivity index (χ3n) is 2.97. The van der Waals surface area contributed by atoms with Crippen molar-refractivity contribution in [3.8, 4) is 11.4 Å². The highest BCUT2D eigenvalue weighted by molar-refractivity contribution is 6.20. The normalized spacial score (nSPS) is 12.4. The molecule has 0 amide bonds. The van der Waals surface area contributed by atoms with Crippen molar-refractivity contribution in [2.45, 2.75) is 32.6 Å². The molecule has 0 spiro atoms. The van der Waals surface area contributed by atoms with Crippen LogP contribution < -0.4 is 0 Å². The molecule has 1 unspecified atom stereocenters. The van der Waals surface area contributed by atoms with Gasteiger partial charge < -0.3 is 0 Å². The lowest BCUT2D eigenvalue weighted by atomic mass is 10.1. The second-order valence-corrected chi connectivity index (χ2v) is 4.89. The van der Waals surface area contributed by atoms with Gasteiger partial charge in [-0.2, -0.15) is 0 Å².